The number of benzene rings is 3. The molecule has 5 heteroatoms. The molecule has 0 aromatic heterocycles. The van der Waals surface area contributed by atoms with E-state index in [0.717, 1.165) is 34.1 Å². The smallest absolute Gasteiger partial charge is 0.161 e. The van der Waals surface area contributed by atoms with E-state index in [1.807, 2.05) is 42.6 Å². The molecular weight excluding hydrogens is 352 g/mol. The predicted molar refractivity (Wildman–Crippen MR) is 114 cm³/mol. The molecule has 0 bridgehead atoms. The number of hydrazone groups is 1. The van der Waals surface area contributed by atoms with Crippen molar-refractivity contribution in [2.24, 2.45) is 5.10 Å². The highest BCUT2D eigenvalue weighted by Crippen LogP contribution is 2.28. The van der Waals surface area contributed by atoms with Crippen LogP contribution in [0.15, 0.2) is 59.7 Å². The maximum absolute atomic E-state index is 5.92. The van der Waals surface area contributed by atoms with Gasteiger partial charge in [-0.05, 0) is 41.0 Å². The van der Waals surface area contributed by atoms with Crippen molar-refractivity contribution in [1.82, 2.24) is 5.43 Å². The van der Waals surface area contributed by atoms with Gasteiger partial charge < -0.3 is 19.6 Å². The van der Waals surface area contributed by atoms with Gasteiger partial charge in [-0.3, -0.25) is 0 Å². The minimum atomic E-state index is 0.576. The van der Waals surface area contributed by atoms with Crippen LogP contribution in [0.4, 0.5) is 0 Å². The van der Waals surface area contributed by atoms with E-state index in [-0.39, 0.29) is 0 Å². The van der Waals surface area contributed by atoms with Gasteiger partial charge in [0.05, 0.1) is 33.6 Å². The monoisotopic (exact) mass is 378 g/mol. The molecule has 146 valence electrons. The molecule has 3 rings (SSSR count). The summed E-state index contributed by atoms with van der Waals surface area (Å²) >= 11 is 0. The Morgan fingerprint density at radius 2 is 1.71 bits per heavy atom. The van der Waals surface area contributed by atoms with Gasteiger partial charge in [-0.2, -0.15) is 5.10 Å². The first-order chi connectivity index (χ1) is 13.8. The van der Waals surface area contributed by atoms with Crippen molar-refractivity contribution in [1.29, 1.82) is 0 Å². The zero-order chi connectivity index (χ0) is 19.8. The number of hydrogen-bond donors (Lipinski definition) is 1. The van der Waals surface area contributed by atoms with Crippen molar-refractivity contribution >= 4 is 17.0 Å². The van der Waals surface area contributed by atoms with E-state index >= 15 is 0 Å². The van der Waals surface area contributed by atoms with Crippen LogP contribution in [0.1, 0.15) is 24.5 Å². The second-order valence-corrected chi connectivity index (χ2v) is 6.33. The minimum absolute atomic E-state index is 0.576. The van der Waals surface area contributed by atoms with E-state index in [1.165, 1.54) is 0 Å². The zero-order valence-electron chi connectivity index (χ0n) is 16.6. The van der Waals surface area contributed by atoms with Crippen LogP contribution in [-0.2, 0) is 6.54 Å². The highest BCUT2D eigenvalue weighted by atomic mass is 16.5. The van der Waals surface area contributed by atoms with Crippen LogP contribution in [0, 0.1) is 0 Å². The van der Waals surface area contributed by atoms with E-state index in [4.69, 9.17) is 14.2 Å². The van der Waals surface area contributed by atoms with Crippen LogP contribution >= 0.6 is 0 Å². The Labute approximate surface area is 165 Å². The zero-order valence-corrected chi connectivity index (χ0v) is 16.6. The molecule has 3 aromatic carbocycles. The number of hydrogen-bond acceptors (Lipinski definition) is 5. The summed E-state index contributed by atoms with van der Waals surface area (Å²) < 4.78 is 16.5. The molecule has 28 heavy (non-hydrogen) atoms. The highest BCUT2D eigenvalue weighted by Gasteiger charge is 2.07. The molecule has 0 fully saturated rings. The van der Waals surface area contributed by atoms with Crippen molar-refractivity contribution in [3.8, 4) is 17.2 Å². The number of fused-ring (bicyclic) bond motifs is 1. The van der Waals surface area contributed by atoms with E-state index in [1.54, 1.807) is 14.2 Å². The van der Waals surface area contributed by atoms with Crippen LogP contribution < -0.4 is 19.6 Å². The lowest BCUT2D eigenvalue weighted by Crippen LogP contribution is -2.07. The van der Waals surface area contributed by atoms with E-state index in [9.17, 15) is 0 Å². The summed E-state index contributed by atoms with van der Waals surface area (Å²) in [5, 5.41) is 6.70. The third-order valence-corrected chi connectivity index (χ3v) is 4.41. The van der Waals surface area contributed by atoms with Crippen molar-refractivity contribution < 1.29 is 14.2 Å². The number of rotatable bonds is 9. The van der Waals surface area contributed by atoms with Crippen molar-refractivity contribution in [2.45, 2.75) is 19.9 Å². The molecule has 0 saturated carbocycles. The average molecular weight is 378 g/mol. The molecule has 0 unspecified atom stereocenters. The van der Waals surface area contributed by atoms with Gasteiger partial charge in [0.2, 0.25) is 0 Å². The van der Waals surface area contributed by atoms with Crippen LogP contribution in [0.3, 0.4) is 0 Å². The van der Waals surface area contributed by atoms with Gasteiger partial charge >= 0.3 is 0 Å². The Morgan fingerprint density at radius 3 is 2.50 bits per heavy atom. The van der Waals surface area contributed by atoms with Gasteiger partial charge in [0.15, 0.2) is 11.5 Å². The predicted octanol–water partition coefficient (Wildman–Crippen LogP) is 4.77. The molecule has 0 amide bonds. The van der Waals surface area contributed by atoms with Crippen molar-refractivity contribution in [2.75, 3.05) is 20.8 Å². The molecule has 5 nitrogen and oxygen atoms in total. The van der Waals surface area contributed by atoms with Gasteiger partial charge in [-0.15, -0.1) is 0 Å². The standard InChI is InChI=1S/C23H26N2O3/c1-4-13-28-21-12-10-18-7-5-6-8-19(18)20(21)16-25-24-15-17-9-11-22(26-2)23(14-17)27-3/h5-12,14,16,24H,4,13,15H2,1-3H3/b25-16+. The number of nitrogens with one attached hydrogen (secondary N) is 1. The van der Waals surface area contributed by atoms with E-state index in [2.05, 4.69) is 35.7 Å². The molecule has 0 spiro atoms. The lowest BCUT2D eigenvalue weighted by molar-refractivity contribution is 0.317. The first-order valence-electron chi connectivity index (χ1n) is 9.38. The van der Waals surface area contributed by atoms with Crippen molar-refractivity contribution in [3.63, 3.8) is 0 Å². The fourth-order valence-corrected chi connectivity index (χ4v) is 2.98. The number of methoxy groups -OCH3 is 2. The Hall–Kier alpha value is -3.21. The summed E-state index contributed by atoms with van der Waals surface area (Å²) in [5.74, 6) is 2.26. The molecule has 0 aliphatic carbocycles. The van der Waals surface area contributed by atoms with Crippen LogP contribution in [-0.4, -0.2) is 27.0 Å². The fraction of sp³-hybridized carbons (Fsp3) is 0.261. The molecule has 0 aliphatic rings. The maximum atomic E-state index is 5.92. The van der Waals surface area contributed by atoms with E-state index in [0.29, 0.717) is 24.7 Å². The quantitative estimate of drug-likeness (QED) is 0.430. The van der Waals surface area contributed by atoms with Crippen LogP contribution in [0.2, 0.25) is 0 Å². The lowest BCUT2D eigenvalue weighted by atomic mass is 10.0. The molecule has 1 N–H and O–H groups in total. The summed E-state index contributed by atoms with van der Waals surface area (Å²) in [6.07, 6.45) is 2.79. The van der Waals surface area contributed by atoms with E-state index < -0.39 is 0 Å². The highest BCUT2D eigenvalue weighted by molar-refractivity contribution is 6.02. The van der Waals surface area contributed by atoms with Crippen molar-refractivity contribution in [3.05, 3.63) is 65.7 Å². The fourth-order valence-electron chi connectivity index (χ4n) is 2.98. The number of ether oxygens (including phenoxy) is 3. The molecule has 0 radical (unpaired) electrons. The normalized spacial score (nSPS) is 11.0. The Balaban J connectivity index is 1.77. The largest absolute Gasteiger partial charge is 0.493 e. The van der Waals surface area contributed by atoms with Crippen LogP contribution in [0.25, 0.3) is 10.8 Å². The summed E-state index contributed by atoms with van der Waals surface area (Å²) in [6.45, 7) is 3.35. The Kier molecular flexibility index (Phi) is 6.73. The summed E-state index contributed by atoms with van der Waals surface area (Å²) in [4.78, 5) is 0. The topological polar surface area (TPSA) is 52.1 Å². The van der Waals surface area contributed by atoms with Gasteiger partial charge in [-0.25, -0.2) is 0 Å². The SMILES string of the molecule is CCCOc1ccc2ccccc2c1/C=N/NCc1ccc(OC)c(OC)c1. The summed E-state index contributed by atoms with van der Waals surface area (Å²) in [6, 6.07) is 18.1. The minimum Gasteiger partial charge on any atom is -0.493 e. The molecule has 0 heterocycles. The molecule has 0 atom stereocenters. The van der Waals surface area contributed by atoms with Gasteiger partial charge in [0.1, 0.15) is 5.75 Å². The first kappa shape index (κ1) is 19.5. The second kappa shape index (κ2) is 9.65. The van der Waals surface area contributed by atoms with Crippen LogP contribution in [0.5, 0.6) is 17.2 Å². The van der Waals surface area contributed by atoms with Gasteiger partial charge in [0.25, 0.3) is 0 Å². The maximum Gasteiger partial charge on any atom is 0.161 e. The second-order valence-electron chi connectivity index (χ2n) is 6.33. The lowest BCUT2D eigenvalue weighted by Gasteiger charge is -2.11. The molecule has 3 aromatic rings. The molecule has 0 aliphatic heterocycles. The summed E-state index contributed by atoms with van der Waals surface area (Å²) in [7, 11) is 3.26. The average Bonchev–Trinajstić information content (AvgIpc) is 2.75. The Morgan fingerprint density at radius 1 is 0.929 bits per heavy atom. The first-order valence-corrected chi connectivity index (χ1v) is 9.38. The Bertz CT molecular complexity index is 954. The van der Waals surface area contributed by atoms with Gasteiger partial charge in [0, 0.05) is 5.56 Å². The molecular formula is C23H26N2O3. The third kappa shape index (κ3) is 4.55. The van der Waals surface area contributed by atoms with Gasteiger partial charge in [-0.1, -0.05) is 43.3 Å². The molecule has 0 saturated heterocycles. The third-order valence-electron chi connectivity index (χ3n) is 4.41. The number of nitrogens with zero attached hydrogens (tertiary/aromatic N) is 1. The summed E-state index contributed by atoms with van der Waals surface area (Å²) in [5.41, 5.74) is 5.13.